The van der Waals surface area contributed by atoms with E-state index >= 15 is 0 Å². The Morgan fingerprint density at radius 1 is 1.27 bits per heavy atom. The summed E-state index contributed by atoms with van der Waals surface area (Å²) in [5.41, 5.74) is 5.54. The van der Waals surface area contributed by atoms with Crippen molar-refractivity contribution in [3.05, 3.63) is 0 Å². The fourth-order valence-electron chi connectivity index (χ4n) is 2.24. The van der Waals surface area contributed by atoms with Gasteiger partial charge in [-0.15, -0.1) is 0 Å². The maximum Gasteiger partial charge on any atom is 0.0680 e. The second-order valence-electron chi connectivity index (χ2n) is 4.78. The van der Waals surface area contributed by atoms with Crippen molar-refractivity contribution in [1.82, 2.24) is 4.90 Å². The largest absolute Gasteiger partial charge is 0.392 e. The third-order valence-electron chi connectivity index (χ3n) is 3.65. The molecule has 0 saturated carbocycles. The Morgan fingerprint density at radius 2 is 1.73 bits per heavy atom. The first-order valence-corrected chi connectivity index (χ1v) is 6.05. The first-order valence-electron chi connectivity index (χ1n) is 6.05. The highest BCUT2D eigenvalue weighted by Gasteiger charge is 2.34. The lowest BCUT2D eigenvalue weighted by molar-refractivity contribution is 0.0180. The van der Waals surface area contributed by atoms with E-state index in [4.69, 9.17) is 5.73 Å². The quantitative estimate of drug-likeness (QED) is 0.677. The Bertz CT molecular complexity index is 169. The first-order chi connectivity index (χ1) is 6.92. The maximum absolute atomic E-state index is 9.73. The summed E-state index contributed by atoms with van der Waals surface area (Å²) in [7, 11) is 0. The summed E-state index contributed by atoms with van der Waals surface area (Å²) in [6, 6.07) is 0. The molecule has 0 aliphatic heterocycles. The molecule has 3 heteroatoms. The molecule has 0 aromatic rings. The second-order valence-corrected chi connectivity index (χ2v) is 4.78. The lowest BCUT2D eigenvalue weighted by Gasteiger charge is -2.45. The summed E-state index contributed by atoms with van der Waals surface area (Å²) in [6.45, 7) is 13.4. The second kappa shape index (κ2) is 6.46. The molecule has 0 rings (SSSR count). The van der Waals surface area contributed by atoms with Crippen LogP contribution in [-0.2, 0) is 0 Å². The Labute approximate surface area is 94.6 Å². The zero-order valence-electron chi connectivity index (χ0n) is 11.0. The third-order valence-corrected chi connectivity index (χ3v) is 3.65. The van der Waals surface area contributed by atoms with Crippen LogP contribution in [0.4, 0.5) is 0 Å². The molecule has 92 valence electrons. The Kier molecular flexibility index (Phi) is 6.41. The van der Waals surface area contributed by atoms with Crippen LogP contribution in [0, 0.1) is 5.92 Å². The van der Waals surface area contributed by atoms with Crippen molar-refractivity contribution in [2.24, 2.45) is 11.7 Å². The van der Waals surface area contributed by atoms with Crippen LogP contribution in [-0.4, -0.2) is 41.3 Å². The van der Waals surface area contributed by atoms with Gasteiger partial charge >= 0.3 is 0 Å². The fraction of sp³-hybridized carbons (Fsp3) is 1.00. The van der Waals surface area contributed by atoms with Gasteiger partial charge in [-0.25, -0.2) is 0 Å². The number of hydrogen-bond acceptors (Lipinski definition) is 3. The van der Waals surface area contributed by atoms with Crippen molar-refractivity contribution >= 4 is 0 Å². The predicted octanol–water partition coefficient (Wildman–Crippen LogP) is 1.45. The standard InChI is InChI=1S/C12H28N2O/c1-6-14(7-2)12(5,10(3)4)8-11(15)9-13/h10-11,15H,6-9,13H2,1-5H3. The SMILES string of the molecule is CCN(CC)C(C)(CC(O)CN)C(C)C. The minimum atomic E-state index is -0.391. The van der Waals surface area contributed by atoms with E-state index < -0.39 is 6.10 Å². The Balaban J connectivity index is 4.71. The van der Waals surface area contributed by atoms with E-state index in [1.165, 1.54) is 0 Å². The van der Waals surface area contributed by atoms with Crippen LogP contribution in [0.2, 0.25) is 0 Å². The molecule has 0 bridgehead atoms. The number of nitrogens with zero attached hydrogens (tertiary/aromatic N) is 1. The molecule has 0 fully saturated rings. The highest BCUT2D eigenvalue weighted by Crippen LogP contribution is 2.29. The average Bonchev–Trinajstić information content (AvgIpc) is 2.19. The van der Waals surface area contributed by atoms with E-state index in [2.05, 4.69) is 39.5 Å². The van der Waals surface area contributed by atoms with Gasteiger partial charge in [-0.3, -0.25) is 4.90 Å². The van der Waals surface area contributed by atoms with Gasteiger partial charge in [0, 0.05) is 12.1 Å². The van der Waals surface area contributed by atoms with E-state index in [1.807, 2.05) is 0 Å². The fourth-order valence-corrected chi connectivity index (χ4v) is 2.24. The summed E-state index contributed by atoms with van der Waals surface area (Å²) < 4.78 is 0. The normalized spacial score (nSPS) is 18.2. The topological polar surface area (TPSA) is 49.5 Å². The molecule has 0 amide bonds. The molecule has 0 heterocycles. The lowest BCUT2D eigenvalue weighted by Crippen LogP contribution is -2.52. The monoisotopic (exact) mass is 216 g/mol. The summed E-state index contributed by atoms with van der Waals surface area (Å²) in [4.78, 5) is 2.41. The Morgan fingerprint density at radius 3 is 2.00 bits per heavy atom. The Hall–Kier alpha value is -0.120. The van der Waals surface area contributed by atoms with E-state index in [0.29, 0.717) is 12.5 Å². The molecule has 2 unspecified atom stereocenters. The zero-order chi connectivity index (χ0) is 12.1. The number of hydrogen-bond donors (Lipinski definition) is 2. The van der Waals surface area contributed by atoms with Crippen LogP contribution in [0.1, 0.15) is 41.0 Å². The van der Waals surface area contributed by atoms with Crippen LogP contribution < -0.4 is 5.73 Å². The van der Waals surface area contributed by atoms with E-state index in [0.717, 1.165) is 19.5 Å². The van der Waals surface area contributed by atoms with E-state index in [1.54, 1.807) is 0 Å². The average molecular weight is 216 g/mol. The maximum atomic E-state index is 9.73. The third kappa shape index (κ3) is 3.74. The number of nitrogens with two attached hydrogens (primary N) is 1. The van der Waals surface area contributed by atoms with Gasteiger partial charge in [-0.2, -0.15) is 0 Å². The van der Waals surface area contributed by atoms with E-state index in [-0.39, 0.29) is 5.54 Å². The minimum absolute atomic E-state index is 0.0439. The van der Waals surface area contributed by atoms with E-state index in [9.17, 15) is 5.11 Å². The van der Waals surface area contributed by atoms with Gasteiger partial charge in [0.25, 0.3) is 0 Å². The van der Waals surface area contributed by atoms with Gasteiger partial charge < -0.3 is 10.8 Å². The van der Waals surface area contributed by atoms with Crippen molar-refractivity contribution in [1.29, 1.82) is 0 Å². The van der Waals surface area contributed by atoms with Crippen LogP contribution in [0.3, 0.4) is 0 Å². The number of aliphatic hydroxyl groups excluding tert-OH is 1. The molecule has 0 aliphatic rings. The smallest absolute Gasteiger partial charge is 0.0680 e. The van der Waals surface area contributed by atoms with Gasteiger partial charge in [0.15, 0.2) is 0 Å². The van der Waals surface area contributed by atoms with Gasteiger partial charge in [0.1, 0.15) is 0 Å². The molecular formula is C12H28N2O. The lowest BCUT2D eigenvalue weighted by atomic mass is 9.81. The zero-order valence-corrected chi connectivity index (χ0v) is 11.0. The minimum Gasteiger partial charge on any atom is -0.392 e. The van der Waals surface area contributed by atoms with Crippen molar-refractivity contribution in [3.8, 4) is 0 Å². The molecule has 15 heavy (non-hydrogen) atoms. The molecule has 2 atom stereocenters. The van der Waals surface area contributed by atoms with Crippen molar-refractivity contribution < 1.29 is 5.11 Å². The molecule has 0 aliphatic carbocycles. The molecule has 0 aromatic carbocycles. The van der Waals surface area contributed by atoms with Crippen LogP contribution in [0.5, 0.6) is 0 Å². The molecule has 0 spiro atoms. The van der Waals surface area contributed by atoms with Crippen LogP contribution >= 0.6 is 0 Å². The summed E-state index contributed by atoms with van der Waals surface area (Å²) in [5, 5.41) is 9.73. The van der Waals surface area contributed by atoms with Crippen LogP contribution in [0.25, 0.3) is 0 Å². The predicted molar refractivity (Wildman–Crippen MR) is 65.8 cm³/mol. The van der Waals surface area contributed by atoms with Crippen molar-refractivity contribution in [2.45, 2.75) is 52.7 Å². The van der Waals surface area contributed by atoms with Gasteiger partial charge in [-0.05, 0) is 32.4 Å². The van der Waals surface area contributed by atoms with Crippen LogP contribution in [0.15, 0.2) is 0 Å². The molecular weight excluding hydrogens is 188 g/mol. The highest BCUT2D eigenvalue weighted by molar-refractivity contribution is 4.90. The highest BCUT2D eigenvalue weighted by atomic mass is 16.3. The molecule has 0 aromatic heterocycles. The summed E-state index contributed by atoms with van der Waals surface area (Å²) in [5.74, 6) is 0.513. The van der Waals surface area contributed by atoms with Gasteiger partial charge in [0.05, 0.1) is 6.10 Å². The molecule has 3 N–H and O–H groups in total. The number of aliphatic hydroxyl groups is 1. The molecule has 3 nitrogen and oxygen atoms in total. The first kappa shape index (κ1) is 14.9. The summed E-state index contributed by atoms with van der Waals surface area (Å²) in [6.07, 6.45) is 0.362. The molecule has 0 radical (unpaired) electrons. The van der Waals surface area contributed by atoms with Gasteiger partial charge in [0.2, 0.25) is 0 Å². The number of rotatable bonds is 7. The van der Waals surface area contributed by atoms with Crippen molar-refractivity contribution in [2.75, 3.05) is 19.6 Å². The molecule has 0 saturated heterocycles. The summed E-state index contributed by atoms with van der Waals surface area (Å²) >= 11 is 0. The van der Waals surface area contributed by atoms with Gasteiger partial charge in [-0.1, -0.05) is 27.7 Å². The van der Waals surface area contributed by atoms with Crippen molar-refractivity contribution in [3.63, 3.8) is 0 Å².